The Balaban J connectivity index is 1.33. The van der Waals surface area contributed by atoms with Crippen molar-refractivity contribution in [1.82, 2.24) is 46.4 Å². The Morgan fingerprint density at radius 1 is 0.852 bits per heavy atom. The highest BCUT2D eigenvalue weighted by Gasteiger charge is 2.29. The molecule has 15 nitrogen and oxygen atoms in total. The number of fused-ring (bicyclic) bond motifs is 18. The molecule has 54 heavy (non-hydrogen) atoms. The molecule has 0 saturated heterocycles. The minimum Gasteiger partial charge on any atom is -0.484 e. The molecule has 15 heteroatoms. The van der Waals surface area contributed by atoms with Gasteiger partial charge < -0.3 is 30.9 Å². The lowest BCUT2D eigenvalue weighted by atomic mass is 10.0. The lowest BCUT2D eigenvalue weighted by molar-refractivity contribution is -0.134. The zero-order valence-electron chi connectivity index (χ0n) is 30.7. The van der Waals surface area contributed by atoms with Crippen molar-refractivity contribution in [3.63, 3.8) is 0 Å². The highest BCUT2D eigenvalue weighted by molar-refractivity contribution is 5.99. The maximum Gasteiger partial charge on any atom is 0.260 e. The number of rotatable bonds is 8. The minimum absolute atomic E-state index is 0.0499. The summed E-state index contributed by atoms with van der Waals surface area (Å²) in [6, 6.07) is 20.3. The van der Waals surface area contributed by atoms with Crippen LogP contribution in [0.3, 0.4) is 0 Å². The second-order valence-corrected chi connectivity index (χ2v) is 13.7. The predicted molar refractivity (Wildman–Crippen MR) is 199 cm³/mol. The van der Waals surface area contributed by atoms with E-state index in [4.69, 9.17) is 4.74 Å². The standard InChI is InChI=1S/C39H47N9O6/c1-26(2)21-33-38(52)42-27(3)36(50)40-19-7-8-20-47(35(49)24-54-32-17-15-31(16-18-32)48-25-41-45-46-48)23-29-11-13-30(14-12-29)37(51)43-34(39(53)44-33)22-28-9-5-4-6-10-28/h4-6,9-18,25-27,33-34H,7-8,19-24H2,1-3H3,(H,40,50)(H,42,52)(H,43,51)(H,44,53)/t27-,33+,34-/m1/s1. The Morgan fingerprint density at radius 3 is 2.26 bits per heavy atom. The van der Waals surface area contributed by atoms with Crippen molar-refractivity contribution in [3.8, 4) is 11.4 Å². The molecule has 2 aliphatic rings. The zero-order chi connectivity index (χ0) is 38.5. The van der Waals surface area contributed by atoms with Crippen LogP contribution in [0.15, 0.2) is 85.2 Å². The normalized spacial score (nSPS) is 19.3. The van der Waals surface area contributed by atoms with Crippen molar-refractivity contribution in [1.29, 1.82) is 0 Å². The number of aromatic nitrogens is 4. The Kier molecular flexibility index (Phi) is 13.8. The van der Waals surface area contributed by atoms with Crippen molar-refractivity contribution < 1.29 is 28.7 Å². The molecule has 0 radical (unpaired) electrons. The van der Waals surface area contributed by atoms with Gasteiger partial charge in [0.15, 0.2) is 6.61 Å². The van der Waals surface area contributed by atoms with Gasteiger partial charge >= 0.3 is 0 Å². The van der Waals surface area contributed by atoms with E-state index < -0.39 is 35.8 Å². The van der Waals surface area contributed by atoms with Crippen LogP contribution < -0.4 is 26.0 Å². The number of hydrogen-bond acceptors (Lipinski definition) is 9. The molecule has 0 spiro atoms. The van der Waals surface area contributed by atoms with E-state index in [1.54, 1.807) is 60.4 Å². The van der Waals surface area contributed by atoms with E-state index in [9.17, 15) is 24.0 Å². The van der Waals surface area contributed by atoms with Crippen molar-refractivity contribution in [2.75, 3.05) is 19.7 Å². The van der Waals surface area contributed by atoms with E-state index >= 15 is 0 Å². The summed E-state index contributed by atoms with van der Waals surface area (Å²) in [4.78, 5) is 68.9. The second-order valence-electron chi connectivity index (χ2n) is 13.7. The number of benzene rings is 3. The fourth-order valence-electron chi connectivity index (χ4n) is 5.93. The number of carbonyl (C=O) groups excluding carboxylic acids is 5. The van der Waals surface area contributed by atoms with Gasteiger partial charge in [0.25, 0.3) is 11.8 Å². The minimum atomic E-state index is -0.999. The highest BCUT2D eigenvalue weighted by Crippen LogP contribution is 2.16. The first-order valence-corrected chi connectivity index (χ1v) is 18.1. The van der Waals surface area contributed by atoms with Crippen LogP contribution >= 0.6 is 0 Å². The average Bonchev–Trinajstić information content (AvgIpc) is 3.71. The molecular weight excluding hydrogens is 690 g/mol. The van der Waals surface area contributed by atoms with Gasteiger partial charge in [-0.05, 0) is 90.1 Å². The van der Waals surface area contributed by atoms with Crippen molar-refractivity contribution in [2.45, 2.75) is 71.1 Å². The molecule has 0 fully saturated rings. The quantitative estimate of drug-likeness (QED) is 0.197. The molecule has 2 bridgehead atoms. The second kappa shape index (κ2) is 19.1. The maximum atomic E-state index is 13.8. The SMILES string of the molecule is CC(C)C[C@@H]1NC(=O)[C@@H](Cc2ccccc2)NC(=O)c2ccc(cc2)CN(C(=O)COc2ccc(-n3cnnn3)cc2)CCCCNC(=O)[C@@H](C)NC1=O. The summed E-state index contributed by atoms with van der Waals surface area (Å²) in [6.45, 7) is 6.22. The maximum absolute atomic E-state index is 13.8. The van der Waals surface area contributed by atoms with Gasteiger partial charge in [-0.2, -0.15) is 0 Å². The predicted octanol–water partition coefficient (Wildman–Crippen LogP) is 2.36. The Morgan fingerprint density at radius 2 is 1.57 bits per heavy atom. The number of nitrogens with one attached hydrogen (secondary N) is 4. The smallest absolute Gasteiger partial charge is 0.260 e. The summed E-state index contributed by atoms with van der Waals surface area (Å²) in [7, 11) is 0. The number of amides is 5. The van der Waals surface area contributed by atoms with Gasteiger partial charge in [0.2, 0.25) is 17.7 Å². The van der Waals surface area contributed by atoms with Gasteiger partial charge in [0.1, 0.15) is 30.2 Å². The molecule has 0 unspecified atom stereocenters. The Bertz CT molecular complexity index is 1850. The Hall–Kier alpha value is -6.12. The molecular formula is C39H47N9O6. The largest absolute Gasteiger partial charge is 0.484 e. The van der Waals surface area contributed by atoms with Crippen LogP contribution in [0, 0.1) is 5.92 Å². The fraction of sp³-hybridized carbons (Fsp3) is 0.385. The molecule has 4 N–H and O–H groups in total. The summed E-state index contributed by atoms with van der Waals surface area (Å²) < 4.78 is 7.33. The molecule has 6 rings (SSSR count). The molecule has 3 atom stereocenters. The van der Waals surface area contributed by atoms with Crippen molar-refractivity contribution in [2.24, 2.45) is 5.92 Å². The van der Waals surface area contributed by atoms with Crippen LogP contribution in [0.25, 0.3) is 5.69 Å². The van der Waals surface area contributed by atoms with Crippen LogP contribution in [0.5, 0.6) is 5.75 Å². The molecule has 3 aromatic carbocycles. The van der Waals surface area contributed by atoms with E-state index in [2.05, 4.69) is 36.8 Å². The molecule has 284 valence electrons. The summed E-state index contributed by atoms with van der Waals surface area (Å²) in [6.07, 6.45) is 3.15. The van der Waals surface area contributed by atoms with E-state index in [0.29, 0.717) is 43.7 Å². The van der Waals surface area contributed by atoms with Gasteiger partial charge in [-0.15, -0.1) is 5.10 Å². The third-order valence-electron chi connectivity index (χ3n) is 8.91. The van der Waals surface area contributed by atoms with Crippen LogP contribution in [0.1, 0.15) is 61.5 Å². The van der Waals surface area contributed by atoms with Gasteiger partial charge in [0.05, 0.1) is 5.69 Å². The van der Waals surface area contributed by atoms with Crippen molar-refractivity contribution in [3.05, 3.63) is 102 Å². The van der Waals surface area contributed by atoms with Gasteiger partial charge in [-0.1, -0.05) is 56.3 Å². The molecule has 2 aliphatic heterocycles. The lowest BCUT2D eigenvalue weighted by Gasteiger charge is -2.25. The number of hydrogen-bond donors (Lipinski definition) is 4. The first kappa shape index (κ1) is 39.1. The third-order valence-corrected chi connectivity index (χ3v) is 8.91. The number of ether oxygens (including phenoxy) is 1. The van der Waals surface area contributed by atoms with E-state index in [-0.39, 0.29) is 37.3 Å². The summed E-state index contributed by atoms with van der Waals surface area (Å²) >= 11 is 0. The monoisotopic (exact) mass is 737 g/mol. The van der Waals surface area contributed by atoms with Crippen molar-refractivity contribution >= 4 is 29.5 Å². The Labute approximate surface area is 314 Å². The molecule has 5 amide bonds. The van der Waals surface area contributed by atoms with Crippen LogP contribution in [0.2, 0.25) is 0 Å². The van der Waals surface area contributed by atoms with Crippen LogP contribution in [-0.2, 0) is 32.1 Å². The highest BCUT2D eigenvalue weighted by atomic mass is 16.5. The van der Waals surface area contributed by atoms with E-state index in [1.165, 1.54) is 11.0 Å². The summed E-state index contributed by atoms with van der Waals surface area (Å²) in [5.41, 5.74) is 2.68. The molecule has 0 aliphatic carbocycles. The van der Waals surface area contributed by atoms with Crippen LogP contribution in [0.4, 0.5) is 0 Å². The lowest BCUT2D eigenvalue weighted by Crippen LogP contribution is -2.57. The fourth-order valence-corrected chi connectivity index (χ4v) is 5.93. The first-order valence-electron chi connectivity index (χ1n) is 18.1. The summed E-state index contributed by atoms with van der Waals surface area (Å²) in [5, 5.41) is 22.4. The zero-order valence-corrected chi connectivity index (χ0v) is 30.7. The summed E-state index contributed by atoms with van der Waals surface area (Å²) in [5.74, 6) is -1.55. The average molecular weight is 738 g/mol. The molecule has 0 saturated carbocycles. The molecule has 4 aromatic rings. The molecule has 3 heterocycles. The molecule has 1 aromatic heterocycles. The van der Waals surface area contributed by atoms with Gasteiger partial charge in [-0.3, -0.25) is 24.0 Å². The van der Waals surface area contributed by atoms with Crippen LogP contribution in [-0.4, -0.2) is 92.5 Å². The number of carbonyl (C=O) groups is 5. The first-order chi connectivity index (χ1) is 26.0. The number of tetrazole rings is 1. The van der Waals surface area contributed by atoms with Gasteiger partial charge in [0, 0.05) is 31.6 Å². The van der Waals surface area contributed by atoms with Gasteiger partial charge in [-0.25, -0.2) is 4.68 Å². The topological polar surface area (TPSA) is 190 Å². The van der Waals surface area contributed by atoms with E-state index in [0.717, 1.165) is 16.8 Å². The number of nitrogens with zero attached hydrogens (tertiary/aromatic N) is 5. The van der Waals surface area contributed by atoms with E-state index in [1.807, 2.05) is 44.2 Å². The third kappa shape index (κ3) is 11.4.